The lowest BCUT2D eigenvalue weighted by Gasteiger charge is -2.04. The molecule has 0 radical (unpaired) electrons. The molecular formula is C9H6N6O4S. The van der Waals surface area contributed by atoms with Crippen LogP contribution in [0.25, 0.3) is 0 Å². The summed E-state index contributed by atoms with van der Waals surface area (Å²) in [5, 5.41) is 28.2. The minimum atomic E-state index is -4.00. The number of sulfonamides is 1. The third-order valence-electron chi connectivity index (χ3n) is 2.24. The van der Waals surface area contributed by atoms with E-state index in [-0.39, 0.29) is 22.1 Å². The van der Waals surface area contributed by atoms with E-state index in [0.717, 1.165) is 24.3 Å². The number of H-pyrrole nitrogens is 1. The number of hydrogen-bond donors (Lipinski definition) is 2. The molecule has 2 aromatic rings. The normalized spacial score (nSPS) is 10.8. The van der Waals surface area contributed by atoms with E-state index in [1.807, 2.05) is 0 Å². The van der Waals surface area contributed by atoms with Gasteiger partial charge in [0.15, 0.2) is 0 Å². The van der Waals surface area contributed by atoms with Gasteiger partial charge >= 0.3 is 0 Å². The summed E-state index contributed by atoms with van der Waals surface area (Å²) < 4.78 is 26.0. The van der Waals surface area contributed by atoms with Crippen molar-refractivity contribution < 1.29 is 13.3 Å². The summed E-state index contributed by atoms with van der Waals surface area (Å²) in [7, 11) is -4.00. The van der Waals surface area contributed by atoms with E-state index in [2.05, 4.69) is 20.1 Å². The van der Waals surface area contributed by atoms with E-state index in [1.54, 1.807) is 6.07 Å². The van der Waals surface area contributed by atoms with Gasteiger partial charge < -0.3 is 0 Å². The molecule has 0 atom stereocenters. The minimum Gasteiger partial charge on any atom is -0.259 e. The molecule has 0 unspecified atom stereocenters. The van der Waals surface area contributed by atoms with Crippen molar-refractivity contribution in [3.05, 3.63) is 40.1 Å². The van der Waals surface area contributed by atoms with Gasteiger partial charge in [0, 0.05) is 12.1 Å². The first-order chi connectivity index (χ1) is 9.44. The van der Waals surface area contributed by atoms with Gasteiger partial charge in [-0.25, -0.2) is 8.42 Å². The molecule has 10 nitrogen and oxygen atoms in total. The van der Waals surface area contributed by atoms with Crippen molar-refractivity contribution >= 4 is 21.5 Å². The van der Waals surface area contributed by atoms with Crippen LogP contribution in [-0.2, 0) is 10.0 Å². The third kappa shape index (κ3) is 2.54. The monoisotopic (exact) mass is 294 g/mol. The molecule has 2 rings (SSSR count). The number of rotatable bonds is 4. The summed E-state index contributed by atoms with van der Waals surface area (Å²) >= 11 is 0. The molecule has 0 aliphatic heterocycles. The first-order valence-electron chi connectivity index (χ1n) is 5.02. The predicted octanol–water partition coefficient (Wildman–Crippen LogP) is 0.385. The molecule has 0 spiro atoms. The van der Waals surface area contributed by atoms with Gasteiger partial charge in [0.25, 0.3) is 15.7 Å². The summed E-state index contributed by atoms with van der Waals surface area (Å²) in [4.78, 5) is 9.64. The van der Waals surface area contributed by atoms with Gasteiger partial charge in [-0.15, -0.1) is 10.2 Å². The third-order valence-corrected chi connectivity index (χ3v) is 3.60. The molecule has 1 heterocycles. The zero-order chi connectivity index (χ0) is 14.8. The van der Waals surface area contributed by atoms with E-state index in [1.165, 1.54) is 0 Å². The molecule has 102 valence electrons. The second-order valence-corrected chi connectivity index (χ2v) is 5.17. The molecule has 11 heteroatoms. The fourth-order valence-corrected chi connectivity index (χ4v) is 2.32. The van der Waals surface area contributed by atoms with Crippen LogP contribution in [0.15, 0.2) is 29.2 Å². The second-order valence-electron chi connectivity index (χ2n) is 3.49. The Hall–Kier alpha value is -3.00. The summed E-state index contributed by atoms with van der Waals surface area (Å²) in [6.45, 7) is 0. The molecule has 0 fully saturated rings. The van der Waals surface area contributed by atoms with Crippen molar-refractivity contribution in [2.24, 2.45) is 0 Å². The Balaban J connectivity index is 2.31. The minimum absolute atomic E-state index is 0.199. The van der Waals surface area contributed by atoms with Crippen LogP contribution in [0.2, 0.25) is 0 Å². The highest BCUT2D eigenvalue weighted by Gasteiger charge is 2.19. The Morgan fingerprint density at radius 2 is 1.95 bits per heavy atom. The van der Waals surface area contributed by atoms with Gasteiger partial charge in [-0.2, -0.15) is 10.5 Å². The molecule has 20 heavy (non-hydrogen) atoms. The van der Waals surface area contributed by atoms with E-state index in [9.17, 15) is 18.5 Å². The lowest BCUT2D eigenvalue weighted by Crippen LogP contribution is -2.14. The maximum atomic E-state index is 12.0. The number of nitriles is 1. The van der Waals surface area contributed by atoms with E-state index < -0.39 is 14.9 Å². The number of nitrogens with one attached hydrogen (secondary N) is 2. The number of benzene rings is 1. The van der Waals surface area contributed by atoms with Crippen LogP contribution in [0.5, 0.6) is 0 Å². The molecule has 0 saturated heterocycles. The van der Waals surface area contributed by atoms with Crippen molar-refractivity contribution in [3.63, 3.8) is 0 Å². The van der Waals surface area contributed by atoms with E-state index >= 15 is 0 Å². The van der Waals surface area contributed by atoms with Gasteiger partial charge in [0.05, 0.1) is 9.82 Å². The lowest BCUT2D eigenvalue weighted by molar-refractivity contribution is -0.384. The number of nitro benzene ring substituents is 1. The van der Waals surface area contributed by atoms with Gasteiger partial charge in [-0.1, -0.05) is 0 Å². The standard InChI is InChI=1S/C9H6N6O4S/c10-5-8-9(12-14-11-8)13-20(18,19)7-3-1-6(2-4-7)15(16)17/h1-4H,(H2,11,12,13,14). The van der Waals surface area contributed by atoms with Crippen LogP contribution >= 0.6 is 0 Å². The zero-order valence-electron chi connectivity index (χ0n) is 9.64. The van der Waals surface area contributed by atoms with Crippen LogP contribution < -0.4 is 4.72 Å². The first kappa shape index (κ1) is 13.4. The maximum Gasteiger partial charge on any atom is 0.269 e. The highest BCUT2D eigenvalue weighted by Crippen LogP contribution is 2.18. The van der Waals surface area contributed by atoms with Crippen LogP contribution in [0.1, 0.15) is 5.69 Å². The number of non-ortho nitro benzene ring substituents is 1. The SMILES string of the molecule is N#Cc1n[nH]nc1NS(=O)(=O)c1ccc([N+](=O)[O-])cc1. The second kappa shape index (κ2) is 4.94. The van der Waals surface area contributed by atoms with Gasteiger partial charge in [0.2, 0.25) is 11.5 Å². The van der Waals surface area contributed by atoms with Crippen molar-refractivity contribution in [2.45, 2.75) is 4.90 Å². The molecule has 0 aliphatic carbocycles. The molecule has 2 N–H and O–H groups in total. The Morgan fingerprint density at radius 3 is 2.50 bits per heavy atom. The molecule has 1 aromatic carbocycles. The van der Waals surface area contributed by atoms with E-state index in [0.29, 0.717) is 0 Å². The van der Waals surface area contributed by atoms with Crippen molar-refractivity contribution in [1.82, 2.24) is 15.4 Å². The van der Waals surface area contributed by atoms with Gasteiger partial charge in [0.1, 0.15) is 6.07 Å². The number of hydrogen-bond acceptors (Lipinski definition) is 7. The largest absolute Gasteiger partial charge is 0.269 e. The van der Waals surface area contributed by atoms with Crippen LogP contribution in [0.3, 0.4) is 0 Å². The fourth-order valence-electron chi connectivity index (χ4n) is 1.31. The maximum absolute atomic E-state index is 12.0. The summed E-state index contributed by atoms with van der Waals surface area (Å²) in [6.07, 6.45) is 0. The fraction of sp³-hybridized carbons (Fsp3) is 0. The molecule has 0 amide bonds. The zero-order valence-corrected chi connectivity index (χ0v) is 10.5. The Morgan fingerprint density at radius 1 is 1.30 bits per heavy atom. The smallest absolute Gasteiger partial charge is 0.259 e. The number of aromatic nitrogens is 3. The number of nitrogens with zero attached hydrogens (tertiary/aromatic N) is 4. The average molecular weight is 294 g/mol. The summed E-state index contributed by atoms with van der Waals surface area (Å²) in [6, 6.07) is 5.92. The average Bonchev–Trinajstić information content (AvgIpc) is 2.85. The van der Waals surface area contributed by atoms with Crippen LogP contribution in [0.4, 0.5) is 11.5 Å². The molecule has 0 saturated carbocycles. The number of aromatic amines is 1. The van der Waals surface area contributed by atoms with Crippen molar-refractivity contribution in [2.75, 3.05) is 4.72 Å². The quantitative estimate of drug-likeness (QED) is 0.610. The Bertz CT molecular complexity index is 789. The number of nitro groups is 1. The van der Waals surface area contributed by atoms with Crippen LogP contribution in [0, 0.1) is 21.4 Å². The molecule has 0 aliphatic rings. The highest BCUT2D eigenvalue weighted by atomic mass is 32.2. The first-order valence-corrected chi connectivity index (χ1v) is 6.50. The number of anilines is 1. The Kier molecular flexibility index (Phi) is 3.32. The van der Waals surface area contributed by atoms with Gasteiger partial charge in [-0.3, -0.25) is 14.8 Å². The molecule has 0 bridgehead atoms. The summed E-state index contributed by atoms with van der Waals surface area (Å²) in [5.41, 5.74) is -0.446. The van der Waals surface area contributed by atoms with Crippen LogP contribution in [-0.4, -0.2) is 28.8 Å². The molecular weight excluding hydrogens is 288 g/mol. The topological polar surface area (TPSA) is 155 Å². The summed E-state index contributed by atoms with van der Waals surface area (Å²) in [5.74, 6) is -0.245. The highest BCUT2D eigenvalue weighted by molar-refractivity contribution is 7.92. The predicted molar refractivity (Wildman–Crippen MR) is 65.0 cm³/mol. The van der Waals surface area contributed by atoms with Crippen molar-refractivity contribution in [1.29, 1.82) is 5.26 Å². The van der Waals surface area contributed by atoms with Crippen molar-refractivity contribution in [3.8, 4) is 6.07 Å². The van der Waals surface area contributed by atoms with Gasteiger partial charge in [-0.05, 0) is 12.1 Å². The Labute approximate surface area is 112 Å². The van der Waals surface area contributed by atoms with E-state index in [4.69, 9.17) is 5.26 Å². The molecule has 1 aromatic heterocycles. The lowest BCUT2D eigenvalue weighted by atomic mass is 10.3.